The fourth-order valence-electron chi connectivity index (χ4n) is 3.08. The highest BCUT2D eigenvalue weighted by Gasteiger charge is 2.29. The number of aromatic nitrogens is 4. The number of benzene rings is 1. The number of likely N-dealkylation sites (tertiary alicyclic amines) is 1. The smallest absolute Gasteiger partial charge is 0.321 e. The van der Waals surface area contributed by atoms with Gasteiger partial charge in [0.15, 0.2) is 5.82 Å². The zero-order chi connectivity index (χ0) is 19.5. The number of carbonyl (C=O) groups excluding carboxylic acids is 1. The summed E-state index contributed by atoms with van der Waals surface area (Å²) in [5, 5.41) is 10.4. The molecule has 9 heteroatoms. The minimum absolute atomic E-state index is 0.146. The van der Waals surface area contributed by atoms with Gasteiger partial charge in [0.25, 0.3) is 0 Å². The fourth-order valence-corrected chi connectivity index (χ4v) is 3.26. The van der Waals surface area contributed by atoms with Crippen molar-refractivity contribution >= 4 is 23.3 Å². The molecule has 28 heavy (non-hydrogen) atoms. The highest BCUT2D eigenvalue weighted by atomic mass is 35.5. The first-order valence-electron chi connectivity index (χ1n) is 8.92. The summed E-state index contributed by atoms with van der Waals surface area (Å²) >= 11 is 6.11. The van der Waals surface area contributed by atoms with Gasteiger partial charge in [-0.2, -0.15) is 5.10 Å². The minimum atomic E-state index is -0.176. The van der Waals surface area contributed by atoms with Crippen LogP contribution in [0.25, 0.3) is 0 Å². The summed E-state index contributed by atoms with van der Waals surface area (Å²) in [5.74, 6) is 2.53. The molecule has 2 N–H and O–H groups in total. The van der Waals surface area contributed by atoms with Crippen molar-refractivity contribution in [1.82, 2.24) is 25.1 Å². The number of hydrogen-bond donors (Lipinski definition) is 2. The average Bonchev–Trinajstić information content (AvgIpc) is 3.33. The number of rotatable bonds is 4. The van der Waals surface area contributed by atoms with E-state index in [1.165, 1.54) is 0 Å². The second-order valence-electron chi connectivity index (χ2n) is 6.56. The van der Waals surface area contributed by atoms with E-state index < -0.39 is 0 Å². The number of nitrogens with one attached hydrogen (secondary N) is 2. The molecule has 1 fully saturated rings. The van der Waals surface area contributed by atoms with Crippen molar-refractivity contribution in [3.63, 3.8) is 0 Å². The van der Waals surface area contributed by atoms with Crippen LogP contribution in [0.15, 0.2) is 42.6 Å². The summed E-state index contributed by atoms with van der Waals surface area (Å²) in [4.78, 5) is 22.9. The molecule has 4 rings (SSSR count). The van der Waals surface area contributed by atoms with Crippen molar-refractivity contribution in [2.45, 2.75) is 19.3 Å². The quantitative estimate of drug-likeness (QED) is 0.693. The molecule has 0 spiro atoms. The maximum absolute atomic E-state index is 12.6. The molecule has 8 nitrogen and oxygen atoms in total. The maximum atomic E-state index is 12.6. The van der Waals surface area contributed by atoms with Gasteiger partial charge in [-0.15, -0.1) is 0 Å². The van der Waals surface area contributed by atoms with Crippen LogP contribution in [0.1, 0.15) is 24.0 Å². The number of ether oxygens (including phenoxy) is 1. The van der Waals surface area contributed by atoms with Crippen molar-refractivity contribution in [1.29, 1.82) is 0 Å². The Morgan fingerprint density at radius 2 is 2.21 bits per heavy atom. The van der Waals surface area contributed by atoms with E-state index in [-0.39, 0.29) is 11.9 Å². The van der Waals surface area contributed by atoms with Gasteiger partial charge >= 0.3 is 6.03 Å². The Labute approximate surface area is 166 Å². The SMILES string of the molecule is Cc1nc(C2CCN(C(=O)Nc3ccnc(Oc4ccccc4Cl)c3)C2)n[nH]1. The van der Waals surface area contributed by atoms with Crippen LogP contribution in [0, 0.1) is 6.92 Å². The number of hydrogen-bond acceptors (Lipinski definition) is 5. The van der Waals surface area contributed by atoms with E-state index in [0.29, 0.717) is 35.4 Å². The summed E-state index contributed by atoms with van der Waals surface area (Å²) in [6.07, 6.45) is 2.41. The standard InChI is InChI=1S/C19H19ClN6O2/c1-12-22-18(25-24-12)13-7-9-26(11-13)19(27)23-14-6-8-21-17(10-14)28-16-5-3-2-4-15(16)20/h2-6,8,10,13H,7,9,11H2,1H3,(H,21,23,27)(H,22,24,25). The minimum Gasteiger partial charge on any atom is -0.437 e. The molecule has 1 unspecified atom stereocenters. The number of para-hydroxylation sites is 1. The van der Waals surface area contributed by atoms with E-state index in [0.717, 1.165) is 18.1 Å². The average molecular weight is 399 g/mol. The number of urea groups is 1. The molecule has 0 aliphatic carbocycles. The van der Waals surface area contributed by atoms with Crippen LogP contribution in [0.4, 0.5) is 10.5 Å². The molecule has 3 heterocycles. The van der Waals surface area contributed by atoms with Crippen LogP contribution < -0.4 is 10.1 Å². The van der Waals surface area contributed by atoms with E-state index in [4.69, 9.17) is 16.3 Å². The normalized spacial score (nSPS) is 16.2. The van der Waals surface area contributed by atoms with Gasteiger partial charge in [0, 0.05) is 37.0 Å². The Balaban J connectivity index is 1.39. The molecule has 1 aliphatic rings. The number of amides is 2. The molecule has 1 aliphatic heterocycles. The van der Waals surface area contributed by atoms with E-state index in [1.807, 2.05) is 19.1 Å². The number of pyridine rings is 1. The predicted molar refractivity (Wildman–Crippen MR) is 105 cm³/mol. The highest BCUT2D eigenvalue weighted by Crippen LogP contribution is 2.29. The molecule has 2 aromatic heterocycles. The molecule has 144 valence electrons. The van der Waals surface area contributed by atoms with E-state index >= 15 is 0 Å². The summed E-state index contributed by atoms with van der Waals surface area (Å²) in [7, 11) is 0. The lowest BCUT2D eigenvalue weighted by molar-refractivity contribution is 0.222. The zero-order valence-electron chi connectivity index (χ0n) is 15.2. The van der Waals surface area contributed by atoms with Gasteiger partial charge in [-0.25, -0.2) is 14.8 Å². The Kier molecular flexibility index (Phi) is 5.12. The van der Waals surface area contributed by atoms with Gasteiger partial charge in [0.2, 0.25) is 5.88 Å². The topological polar surface area (TPSA) is 96.0 Å². The van der Waals surface area contributed by atoms with Crippen LogP contribution in [-0.4, -0.2) is 44.2 Å². The monoisotopic (exact) mass is 398 g/mol. The van der Waals surface area contributed by atoms with Crippen molar-refractivity contribution < 1.29 is 9.53 Å². The molecule has 1 aromatic carbocycles. The first-order valence-corrected chi connectivity index (χ1v) is 9.29. The lowest BCUT2D eigenvalue weighted by Gasteiger charge is -2.17. The molecule has 1 saturated heterocycles. The largest absolute Gasteiger partial charge is 0.437 e. The van der Waals surface area contributed by atoms with Gasteiger partial charge in [0.05, 0.1) is 5.02 Å². The van der Waals surface area contributed by atoms with Crippen LogP contribution in [0.5, 0.6) is 11.6 Å². The number of anilines is 1. The zero-order valence-corrected chi connectivity index (χ0v) is 16.0. The van der Waals surface area contributed by atoms with Crippen molar-refractivity contribution in [2.75, 3.05) is 18.4 Å². The molecular formula is C19H19ClN6O2. The number of aromatic amines is 1. The third kappa shape index (κ3) is 4.07. The van der Waals surface area contributed by atoms with Gasteiger partial charge < -0.3 is 15.0 Å². The van der Waals surface area contributed by atoms with Crippen LogP contribution in [0.2, 0.25) is 5.02 Å². The Morgan fingerprint density at radius 1 is 1.36 bits per heavy atom. The van der Waals surface area contributed by atoms with E-state index in [1.54, 1.807) is 35.4 Å². The first-order chi connectivity index (χ1) is 13.6. The van der Waals surface area contributed by atoms with Crippen molar-refractivity contribution in [3.8, 4) is 11.6 Å². The molecule has 0 saturated carbocycles. The number of nitrogens with zero attached hydrogens (tertiary/aromatic N) is 4. The van der Waals surface area contributed by atoms with Gasteiger partial charge in [-0.05, 0) is 31.5 Å². The lowest BCUT2D eigenvalue weighted by Crippen LogP contribution is -2.32. The molecule has 3 aromatic rings. The number of aryl methyl sites for hydroxylation is 1. The van der Waals surface area contributed by atoms with Crippen LogP contribution in [-0.2, 0) is 0 Å². The number of H-pyrrole nitrogens is 1. The second kappa shape index (κ2) is 7.85. The van der Waals surface area contributed by atoms with Crippen LogP contribution >= 0.6 is 11.6 Å². The van der Waals surface area contributed by atoms with Crippen molar-refractivity contribution in [3.05, 3.63) is 59.3 Å². The fraction of sp³-hybridized carbons (Fsp3) is 0.263. The Bertz CT molecular complexity index is 992. The summed E-state index contributed by atoms with van der Waals surface area (Å²) in [6.45, 7) is 3.09. The Morgan fingerprint density at radius 3 is 3.00 bits per heavy atom. The summed E-state index contributed by atoms with van der Waals surface area (Å²) < 4.78 is 5.71. The highest BCUT2D eigenvalue weighted by molar-refractivity contribution is 6.32. The van der Waals surface area contributed by atoms with Crippen LogP contribution in [0.3, 0.4) is 0 Å². The van der Waals surface area contributed by atoms with Crippen molar-refractivity contribution in [2.24, 2.45) is 0 Å². The third-order valence-electron chi connectivity index (χ3n) is 4.49. The first kappa shape index (κ1) is 18.2. The Hall–Kier alpha value is -3.13. The number of halogens is 1. The summed E-state index contributed by atoms with van der Waals surface area (Å²) in [5.41, 5.74) is 0.597. The molecule has 0 radical (unpaired) electrons. The van der Waals surface area contributed by atoms with E-state index in [2.05, 4.69) is 25.5 Å². The van der Waals surface area contributed by atoms with Gasteiger partial charge in [-0.3, -0.25) is 5.10 Å². The third-order valence-corrected chi connectivity index (χ3v) is 4.80. The molecule has 2 amide bonds. The second-order valence-corrected chi connectivity index (χ2v) is 6.96. The molecular weight excluding hydrogens is 380 g/mol. The van der Waals surface area contributed by atoms with E-state index in [9.17, 15) is 4.79 Å². The van der Waals surface area contributed by atoms with Gasteiger partial charge in [0.1, 0.15) is 11.6 Å². The number of carbonyl (C=O) groups is 1. The maximum Gasteiger partial charge on any atom is 0.321 e. The molecule has 0 bridgehead atoms. The lowest BCUT2D eigenvalue weighted by atomic mass is 10.1. The molecule has 1 atom stereocenters. The predicted octanol–water partition coefficient (Wildman–Crippen LogP) is 3.98. The van der Waals surface area contributed by atoms with Gasteiger partial charge in [-0.1, -0.05) is 23.7 Å². The summed E-state index contributed by atoms with van der Waals surface area (Å²) in [6, 6.07) is 10.3.